The first-order valence-electron chi connectivity index (χ1n) is 6.45. The first-order valence-corrected chi connectivity index (χ1v) is 7.67. The fraction of sp³-hybridized carbons (Fsp3) is 0.118. The molecule has 3 rings (SSSR count). The van der Waals surface area contributed by atoms with Crippen LogP contribution < -0.4 is 0 Å². The Hall–Kier alpha value is -2.00. The molecule has 0 unspecified atom stereocenters. The lowest BCUT2D eigenvalue weighted by Crippen LogP contribution is -1.80. The van der Waals surface area contributed by atoms with Crippen LogP contribution in [0.3, 0.4) is 0 Å². The highest BCUT2D eigenvalue weighted by Crippen LogP contribution is 2.31. The number of nitrogens with zero attached hydrogens (tertiary/aromatic N) is 1. The summed E-state index contributed by atoms with van der Waals surface area (Å²) in [5.74, 6) is 0. The first-order chi connectivity index (χ1) is 9.78. The summed E-state index contributed by atoms with van der Waals surface area (Å²) in [5.41, 5.74) is 4.11. The predicted octanol–water partition coefficient (Wildman–Crippen LogP) is 5.03. The zero-order valence-corrected chi connectivity index (χ0v) is 12.3. The molecule has 2 aromatic carbocycles. The van der Waals surface area contributed by atoms with Gasteiger partial charge in [-0.15, -0.1) is 11.8 Å². The van der Waals surface area contributed by atoms with Gasteiger partial charge >= 0.3 is 0 Å². The third-order valence-corrected chi connectivity index (χ3v) is 3.98. The lowest BCUT2D eigenvalue weighted by atomic mass is 10.1. The number of thioether (sulfide) groups is 1. The molecule has 0 saturated heterocycles. The average Bonchev–Trinajstić information content (AvgIpc) is 2.87. The van der Waals surface area contributed by atoms with Crippen molar-refractivity contribution in [3.8, 4) is 0 Å². The zero-order valence-electron chi connectivity index (χ0n) is 11.5. The van der Waals surface area contributed by atoms with Gasteiger partial charge in [-0.3, -0.25) is 0 Å². The van der Waals surface area contributed by atoms with E-state index in [9.17, 15) is 0 Å². The minimum absolute atomic E-state index is 0.849. The maximum atomic E-state index is 5.39. The van der Waals surface area contributed by atoms with E-state index in [0.29, 0.717) is 0 Å². The van der Waals surface area contributed by atoms with E-state index < -0.39 is 0 Å². The van der Waals surface area contributed by atoms with Crippen LogP contribution in [0.5, 0.6) is 0 Å². The fourth-order valence-electron chi connectivity index (χ4n) is 2.22. The Morgan fingerprint density at radius 3 is 2.55 bits per heavy atom. The molecule has 1 aromatic heterocycles. The number of hydrogen-bond donors (Lipinski definition) is 0. The van der Waals surface area contributed by atoms with Crippen LogP contribution >= 0.6 is 11.8 Å². The molecular formula is C17H15NOS. The second-order valence-corrected chi connectivity index (χ2v) is 5.46. The van der Waals surface area contributed by atoms with E-state index in [1.54, 1.807) is 11.8 Å². The molecule has 2 nitrogen and oxygen atoms in total. The summed E-state index contributed by atoms with van der Waals surface area (Å²) in [6.45, 7) is 1.98. The SMILES string of the molecule is CSc1cc(/C=C/c2ccccc2)cc2onc(C)c12. The number of aryl methyl sites for hydroxylation is 1. The Balaban J connectivity index is 2.02. The summed E-state index contributed by atoms with van der Waals surface area (Å²) in [4.78, 5) is 1.20. The maximum absolute atomic E-state index is 5.39. The van der Waals surface area contributed by atoms with Gasteiger partial charge in [0.1, 0.15) is 0 Å². The van der Waals surface area contributed by atoms with Crippen LogP contribution in [-0.4, -0.2) is 11.4 Å². The van der Waals surface area contributed by atoms with Crippen LogP contribution in [0.15, 0.2) is 51.9 Å². The van der Waals surface area contributed by atoms with Crippen LogP contribution in [0.2, 0.25) is 0 Å². The molecule has 0 spiro atoms. The quantitative estimate of drug-likeness (QED) is 0.497. The van der Waals surface area contributed by atoms with Gasteiger partial charge in [-0.1, -0.05) is 47.6 Å². The summed E-state index contributed by atoms with van der Waals surface area (Å²) in [6, 6.07) is 14.5. The van der Waals surface area contributed by atoms with Crippen molar-refractivity contribution in [1.82, 2.24) is 5.16 Å². The summed E-state index contributed by atoms with van der Waals surface area (Å²) >= 11 is 1.72. The lowest BCUT2D eigenvalue weighted by molar-refractivity contribution is 0.450. The van der Waals surface area contributed by atoms with Gasteiger partial charge in [0, 0.05) is 4.90 Å². The molecule has 0 aliphatic heterocycles. The second-order valence-electron chi connectivity index (χ2n) is 4.61. The Labute approximate surface area is 122 Å². The summed E-state index contributed by atoms with van der Waals surface area (Å²) in [7, 11) is 0. The highest BCUT2D eigenvalue weighted by atomic mass is 32.2. The molecule has 0 radical (unpaired) electrons. The lowest BCUT2D eigenvalue weighted by Gasteiger charge is -2.01. The van der Waals surface area contributed by atoms with Gasteiger partial charge in [-0.25, -0.2) is 0 Å². The van der Waals surface area contributed by atoms with Crippen LogP contribution in [-0.2, 0) is 0 Å². The standard InChI is InChI=1S/C17H15NOS/c1-12-17-15(19-18-12)10-14(11-16(17)20-2)9-8-13-6-4-3-5-7-13/h3-11H,1-2H3/b9-8+. The summed E-state index contributed by atoms with van der Waals surface area (Å²) in [5, 5.41) is 5.17. The van der Waals surface area contributed by atoms with Crippen molar-refractivity contribution in [2.75, 3.05) is 6.26 Å². The van der Waals surface area contributed by atoms with Crippen molar-refractivity contribution in [3.63, 3.8) is 0 Å². The van der Waals surface area contributed by atoms with E-state index in [4.69, 9.17) is 4.52 Å². The second kappa shape index (κ2) is 5.55. The minimum atomic E-state index is 0.849. The number of hydrogen-bond acceptors (Lipinski definition) is 3. The van der Waals surface area contributed by atoms with E-state index in [1.165, 1.54) is 10.5 Å². The van der Waals surface area contributed by atoms with Crippen LogP contribution in [0, 0.1) is 6.92 Å². The third-order valence-electron chi connectivity index (χ3n) is 3.22. The molecule has 1 heterocycles. The van der Waals surface area contributed by atoms with Crippen molar-refractivity contribution >= 4 is 34.9 Å². The van der Waals surface area contributed by atoms with E-state index in [-0.39, 0.29) is 0 Å². The largest absolute Gasteiger partial charge is 0.356 e. The highest BCUT2D eigenvalue weighted by molar-refractivity contribution is 7.98. The normalized spacial score (nSPS) is 11.5. The van der Waals surface area contributed by atoms with Gasteiger partial charge in [-0.2, -0.15) is 0 Å². The molecule has 0 N–H and O–H groups in total. The topological polar surface area (TPSA) is 26.0 Å². The molecule has 0 bridgehead atoms. The molecule has 0 amide bonds. The fourth-order valence-corrected chi connectivity index (χ4v) is 2.92. The Morgan fingerprint density at radius 1 is 1.05 bits per heavy atom. The zero-order chi connectivity index (χ0) is 13.9. The number of rotatable bonds is 3. The van der Waals surface area contributed by atoms with E-state index >= 15 is 0 Å². The Bertz CT molecular complexity index is 759. The third kappa shape index (κ3) is 2.49. The molecular weight excluding hydrogens is 266 g/mol. The molecule has 0 fully saturated rings. The van der Waals surface area contributed by atoms with E-state index in [0.717, 1.165) is 22.2 Å². The van der Waals surface area contributed by atoms with Crippen LogP contribution in [0.1, 0.15) is 16.8 Å². The average molecular weight is 281 g/mol. The predicted molar refractivity (Wildman–Crippen MR) is 85.9 cm³/mol. The van der Waals surface area contributed by atoms with Gasteiger partial charge < -0.3 is 4.52 Å². The summed E-state index contributed by atoms with van der Waals surface area (Å²) < 4.78 is 5.39. The monoisotopic (exact) mass is 281 g/mol. The number of aromatic nitrogens is 1. The van der Waals surface area contributed by atoms with Crippen LogP contribution in [0.25, 0.3) is 23.1 Å². The van der Waals surface area contributed by atoms with Gasteiger partial charge in [-0.05, 0) is 36.4 Å². The van der Waals surface area contributed by atoms with Gasteiger partial charge in [0.05, 0.1) is 11.1 Å². The van der Waals surface area contributed by atoms with Gasteiger partial charge in [0.2, 0.25) is 0 Å². The van der Waals surface area contributed by atoms with Crippen molar-refractivity contribution in [2.45, 2.75) is 11.8 Å². The van der Waals surface area contributed by atoms with Crippen molar-refractivity contribution in [1.29, 1.82) is 0 Å². The molecule has 3 aromatic rings. The van der Waals surface area contributed by atoms with Crippen molar-refractivity contribution < 1.29 is 4.52 Å². The van der Waals surface area contributed by atoms with Gasteiger partial charge in [0.15, 0.2) is 5.58 Å². The first kappa shape index (κ1) is 13.0. The number of fused-ring (bicyclic) bond motifs is 1. The van der Waals surface area contributed by atoms with E-state index in [2.05, 4.69) is 41.8 Å². The molecule has 100 valence electrons. The highest BCUT2D eigenvalue weighted by Gasteiger charge is 2.10. The Morgan fingerprint density at radius 2 is 1.80 bits per heavy atom. The molecule has 3 heteroatoms. The molecule has 0 atom stereocenters. The Kier molecular flexibility index (Phi) is 3.61. The molecule has 0 aliphatic rings. The van der Waals surface area contributed by atoms with Gasteiger partial charge in [0.25, 0.3) is 0 Å². The van der Waals surface area contributed by atoms with E-state index in [1.807, 2.05) is 31.2 Å². The molecule has 20 heavy (non-hydrogen) atoms. The smallest absolute Gasteiger partial charge is 0.168 e. The van der Waals surface area contributed by atoms with Crippen molar-refractivity contribution in [3.05, 3.63) is 59.3 Å². The van der Waals surface area contributed by atoms with Crippen molar-refractivity contribution in [2.24, 2.45) is 0 Å². The van der Waals surface area contributed by atoms with Crippen LogP contribution in [0.4, 0.5) is 0 Å². The minimum Gasteiger partial charge on any atom is -0.356 e. The number of benzene rings is 2. The molecule has 0 aliphatic carbocycles. The summed E-state index contributed by atoms with van der Waals surface area (Å²) in [6.07, 6.45) is 6.28. The maximum Gasteiger partial charge on any atom is 0.168 e. The molecule has 0 saturated carbocycles.